The third kappa shape index (κ3) is 17.8. The van der Waals surface area contributed by atoms with Gasteiger partial charge in [0.2, 0.25) is 5.91 Å². The Labute approximate surface area is 373 Å². The van der Waals surface area contributed by atoms with Crippen LogP contribution in [0.25, 0.3) is 0 Å². The number of hydrogen-bond acceptors (Lipinski definition) is 11. The number of phenolic OH excluding ortho intramolecular Hbond substituents is 1. The second-order valence-electron chi connectivity index (χ2n) is 15.5. The minimum Gasteiger partial charge on any atom is -0.506 e. The van der Waals surface area contributed by atoms with Gasteiger partial charge in [0.15, 0.2) is 17.2 Å². The number of anilines is 1. The van der Waals surface area contributed by atoms with Crippen molar-refractivity contribution >= 4 is 40.4 Å². The van der Waals surface area contributed by atoms with Gasteiger partial charge in [0.05, 0.1) is 22.8 Å². The molecule has 15 heteroatoms. The van der Waals surface area contributed by atoms with Gasteiger partial charge in [-0.25, -0.2) is 18.7 Å². The van der Waals surface area contributed by atoms with Crippen LogP contribution in [0.1, 0.15) is 156 Å². The monoisotopic (exact) mass is 877 g/mol. The summed E-state index contributed by atoms with van der Waals surface area (Å²) >= 11 is 0. The van der Waals surface area contributed by atoms with E-state index in [9.17, 15) is 33.4 Å². The number of halogens is 2. The number of nitrogens with zero attached hydrogens (tertiary/aromatic N) is 7. The molecule has 0 bridgehead atoms. The summed E-state index contributed by atoms with van der Waals surface area (Å²) in [6.45, 7) is 27.6. The molecule has 2 amide bonds. The molecule has 1 aliphatic rings. The molecule has 2 heterocycles. The first kappa shape index (κ1) is 55.2. The number of rotatable bonds is 18. The van der Waals surface area contributed by atoms with E-state index < -0.39 is 17.6 Å². The van der Waals surface area contributed by atoms with Gasteiger partial charge in [0.25, 0.3) is 11.8 Å². The van der Waals surface area contributed by atoms with E-state index in [0.717, 1.165) is 54.8 Å². The van der Waals surface area contributed by atoms with Crippen LogP contribution in [0.15, 0.2) is 87.3 Å². The molecule has 0 aliphatic carbocycles. The number of carbonyl (C=O) groups is 3. The molecule has 0 saturated heterocycles. The van der Waals surface area contributed by atoms with Crippen molar-refractivity contribution in [3.05, 3.63) is 88.9 Å². The number of hydrazone groups is 1. The quantitative estimate of drug-likeness (QED) is 0.0436. The summed E-state index contributed by atoms with van der Waals surface area (Å²) in [5.41, 5.74) is 3.95. The zero-order valence-electron chi connectivity index (χ0n) is 39.7. The number of carbonyl (C=O) groups excluding carboxylic acids is 3. The Morgan fingerprint density at radius 2 is 1.65 bits per heavy atom. The Bertz CT molecular complexity index is 2080. The molecule has 0 spiro atoms. The first-order valence-electron chi connectivity index (χ1n) is 21.6. The molecule has 1 aromatic heterocycles. The maximum absolute atomic E-state index is 13.6. The molecule has 1 unspecified atom stereocenters. The van der Waals surface area contributed by atoms with Crippen LogP contribution in [-0.2, 0) is 15.5 Å². The number of unbranched alkanes of at least 4 members (excludes halogenated alkanes) is 1. The van der Waals surface area contributed by atoms with Crippen LogP contribution >= 0.6 is 0 Å². The van der Waals surface area contributed by atoms with Crippen molar-refractivity contribution in [2.75, 3.05) is 11.9 Å². The van der Waals surface area contributed by atoms with E-state index in [4.69, 9.17) is 0 Å². The summed E-state index contributed by atoms with van der Waals surface area (Å²) in [7, 11) is 0. The molecule has 0 saturated carbocycles. The number of benzene rings is 1. The molecule has 3 N–H and O–H groups in total. The number of aromatic hydroxyl groups is 2. The second-order valence-corrected chi connectivity index (χ2v) is 15.5. The number of amides is 2. The van der Waals surface area contributed by atoms with Crippen LogP contribution in [0.3, 0.4) is 0 Å². The number of phenols is 1. The highest BCUT2D eigenvalue weighted by Gasteiger charge is 2.34. The normalized spacial score (nSPS) is 14.2. The molecule has 1 aliphatic heterocycles. The number of nitrogens with one attached hydrogen (secondary N) is 1. The Kier molecular flexibility index (Phi) is 23.9. The highest BCUT2D eigenvalue weighted by molar-refractivity contribution is 6.09. The number of alkyl halides is 2. The number of Topliss-reactive ketones (excluding diaryl/α,β-unsaturated/α-hetero) is 1. The maximum Gasteiger partial charge on any atom is 0.277 e. The minimum atomic E-state index is -3.14. The Balaban J connectivity index is 0.000000777. The average Bonchev–Trinajstić information content (AvgIpc) is 3.23. The summed E-state index contributed by atoms with van der Waals surface area (Å²) in [6.07, 6.45) is 14.1. The number of aromatic nitrogens is 2. The van der Waals surface area contributed by atoms with Gasteiger partial charge >= 0.3 is 0 Å². The molecule has 3 rings (SSSR count). The molecule has 1 atom stereocenters. The highest BCUT2D eigenvalue weighted by Crippen LogP contribution is 2.34. The molecule has 0 fully saturated rings. The number of allylic oxidation sites excluding steroid dienone is 5. The maximum atomic E-state index is 13.6. The van der Waals surface area contributed by atoms with E-state index >= 15 is 0 Å². The Morgan fingerprint density at radius 1 is 1.00 bits per heavy atom. The standard InChI is InChI=1S/C31H40F2N6O3.C13H20N2O2.C4H10/c1-10-13-23(16-25(11-2)36-35-19(4)5)21(7)37-39-22(8)38(27(12-3)20(6)30(39)42)18-29(41)34-26-15-14-24(17-28(26)40)31(9,32)33;1-4-5-9(2)6-7-11(16)12-13(17)10(3)14-8-15-12;1-3-4-2/h10,13-17,40H,8,11-12,18H2,1-7,9H3,(H,34,41);8-9,17H,4-7H2,1-3H3;3-4H2,1-2H3/b13-10-,23-16+,36-25+,37-21+;;. The van der Waals surface area contributed by atoms with Crippen molar-refractivity contribution in [3.8, 4) is 11.5 Å². The molecular weight excluding hydrogens is 807 g/mol. The van der Waals surface area contributed by atoms with E-state index in [1.807, 2.05) is 52.8 Å². The van der Waals surface area contributed by atoms with Crippen LogP contribution in [0.2, 0.25) is 0 Å². The van der Waals surface area contributed by atoms with Gasteiger partial charge < -0.3 is 20.4 Å². The fourth-order valence-corrected chi connectivity index (χ4v) is 5.87. The van der Waals surface area contributed by atoms with Gasteiger partial charge in [-0.15, -0.1) is 0 Å². The van der Waals surface area contributed by atoms with E-state index in [1.165, 1.54) is 25.2 Å². The van der Waals surface area contributed by atoms with E-state index in [2.05, 4.69) is 64.9 Å². The lowest BCUT2D eigenvalue weighted by molar-refractivity contribution is -0.128. The SMILES string of the molecule is C=C1N(CC(=O)Nc2ccc(C(C)(F)F)cc2O)C(CC)=C(C)C(=O)N1/N=C(C)/C(/C=C\C)=C/C(CC)=N/N=C(C)C.CCCC.CCCC(C)CCC(=O)c1ncnc(C)c1O. The lowest BCUT2D eigenvalue weighted by Gasteiger charge is -2.38. The molecular formula is C48H70F2N8O5. The summed E-state index contributed by atoms with van der Waals surface area (Å²) in [5.74, 6) is -4.05. The van der Waals surface area contributed by atoms with Crippen LogP contribution in [0, 0.1) is 12.8 Å². The van der Waals surface area contributed by atoms with Crippen molar-refractivity contribution in [2.45, 2.75) is 147 Å². The van der Waals surface area contributed by atoms with Gasteiger partial charge in [-0.3, -0.25) is 14.4 Å². The van der Waals surface area contributed by atoms with Crippen molar-refractivity contribution < 1.29 is 33.4 Å². The summed E-state index contributed by atoms with van der Waals surface area (Å²) in [4.78, 5) is 47.5. The zero-order chi connectivity index (χ0) is 48.0. The fraction of sp³-hybridized carbons (Fsp3) is 0.500. The van der Waals surface area contributed by atoms with Crippen molar-refractivity contribution in [1.29, 1.82) is 0 Å². The van der Waals surface area contributed by atoms with Gasteiger partial charge in [0.1, 0.15) is 24.4 Å². The Morgan fingerprint density at radius 3 is 2.17 bits per heavy atom. The van der Waals surface area contributed by atoms with E-state index in [-0.39, 0.29) is 46.8 Å². The van der Waals surface area contributed by atoms with Gasteiger partial charge in [-0.2, -0.15) is 20.3 Å². The predicted molar refractivity (Wildman–Crippen MR) is 251 cm³/mol. The smallest absolute Gasteiger partial charge is 0.277 e. The van der Waals surface area contributed by atoms with Gasteiger partial charge in [-0.05, 0) is 90.5 Å². The average molecular weight is 877 g/mol. The van der Waals surface area contributed by atoms with Crippen molar-refractivity contribution in [1.82, 2.24) is 19.9 Å². The van der Waals surface area contributed by atoms with Crippen LogP contribution in [0.4, 0.5) is 14.5 Å². The summed E-state index contributed by atoms with van der Waals surface area (Å²) in [6, 6.07) is 3.26. The number of aryl methyl sites for hydroxylation is 1. The summed E-state index contributed by atoms with van der Waals surface area (Å²) in [5, 5.41) is 36.6. The first-order chi connectivity index (χ1) is 29.6. The lowest BCUT2D eigenvalue weighted by Crippen LogP contribution is -2.45. The van der Waals surface area contributed by atoms with Gasteiger partial charge in [0, 0.05) is 35.9 Å². The molecule has 2 aromatic rings. The molecule has 1 aromatic carbocycles. The molecule has 346 valence electrons. The Hall–Kier alpha value is -5.86. The topological polar surface area (TPSA) is 173 Å². The third-order valence-electron chi connectivity index (χ3n) is 9.74. The minimum absolute atomic E-state index is 0.0201. The number of hydrogen-bond donors (Lipinski definition) is 3. The zero-order valence-corrected chi connectivity index (χ0v) is 39.7. The molecule has 63 heavy (non-hydrogen) atoms. The highest BCUT2D eigenvalue weighted by atomic mass is 19.3. The summed E-state index contributed by atoms with van der Waals surface area (Å²) < 4.78 is 27.2. The molecule has 13 nitrogen and oxygen atoms in total. The third-order valence-corrected chi connectivity index (χ3v) is 9.74. The van der Waals surface area contributed by atoms with Gasteiger partial charge in [-0.1, -0.05) is 92.0 Å². The lowest BCUT2D eigenvalue weighted by atomic mass is 9.98. The first-order valence-corrected chi connectivity index (χ1v) is 21.6. The van der Waals surface area contributed by atoms with Crippen LogP contribution < -0.4 is 5.32 Å². The fourth-order valence-electron chi connectivity index (χ4n) is 5.87. The van der Waals surface area contributed by atoms with E-state index in [1.54, 1.807) is 25.7 Å². The number of ketones is 1. The van der Waals surface area contributed by atoms with Crippen molar-refractivity contribution in [2.24, 2.45) is 21.2 Å². The van der Waals surface area contributed by atoms with Crippen molar-refractivity contribution in [3.63, 3.8) is 0 Å². The van der Waals surface area contributed by atoms with E-state index in [0.29, 0.717) is 53.4 Å². The predicted octanol–water partition coefficient (Wildman–Crippen LogP) is 11.6. The largest absolute Gasteiger partial charge is 0.506 e. The second kappa shape index (κ2) is 27.3. The van der Waals surface area contributed by atoms with Crippen LogP contribution in [-0.4, -0.2) is 71.4 Å². The molecule has 0 radical (unpaired) electrons. The van der Waals surface area contributed by atoms with Crippen LogP contribution in [0.5, 0.6) is 11.5 Å².